The Labute approximate surface area is 84.6 Å². The molecule has 0 spiro atoms. The molecule has 0 saturated carbocycles. The van der Waals surface area contributed by atoms with Gasteiger partial charge < -0.3 is 15.2 Å². The highest BCUT2D eigenvalue weighted by molar-refractivity contribution is 5.75. The van der Waals surface area contributed by atoms with E-state index in [-0.39, 0.29) is 0 Å². The Bertz CT molecular complexity index is 188. The van der Waals surface area contributed by atoms with E-state index in [1.165, 1.54) is 0 Å². The van der Waals surface area contributed by atoms with Crippen LogP contribution in [0.1, 0.15) is 25.7 Å². The molecule has 4 nitrogen and oxygen atoms in total. The molecule has 0 aromatic carbocycles. The van der Waals surface area contributed by atoms with Crippen molar-refractivity contribution in [3.8, 4) is 0 Å². The van der Waals surface area contributed by atoms with Crippen molar-refractivity contribution in [3.05, 3.63) is 0 Å². The topological polar surface area (TPSA) is 58.6 Å². The number of methoxy groups -OCH3 is 1. The summed E-state index contributed by atoms with van der Waals surface area (Å²) in [6, 6.07) is 0. The van der Waals surface area contributed by atoms with E-state index in [1.54, 1.807) is 7.11 Å². The second-order valence-electron chi connectivity index (χ2n) is 3.96. The van der Waals surface area contributed by atoms with Gasteiger partial charge in [-0.2, -0.15) is 0 Å². The molecule has 0 aromatic rings. The SMILES string of the molecule is COCCCC1(C(=O)O)CCCNC1. The van der Waals surface area contributed by atoms with E-state index in [0.717, 1.165) is 25.8 Å². The summed E-state index contributed by atoms with van der Waals surface area (Å²) in [5.41, 5.74) is -0.545. The monoisotopic (exact) mass is 201 g/mol. The minimum Gasteiger partial charge on any atom is -0.481 e. The van der Waals surface area contributed by atoms with Crippen molar-refractivity contribution < 1.29 is 14.6 Å². The zero-order chi connectivity index (χ0) is 10.4. The van der Waals surface area contributed by atoms with Crippen LogP contribution in [-0.2, 0) is 9.53 Å². The average Bonchev–Trinajstić information content (AvgIpc) is 2.19. The third kappa shape index (κ3) is 2.69. The van der Waals surface area contributed by atoms with Gasteiger partial charge in [0.05, 0.1) is 5.41 Å². The summed E-state index contributed by atoms with van der Waals surface area (Å²) in [5, 5.41) is 12.4. The Kier molecular flexibility index (Phi) is 4.35. The van der Waals surface area contributed by atoms with Crippen LogP contribution in [-0.4, -0.2) is 37.9 Å². The van der Waals surface area contributed by atoms with Crippen LogP contribution in [0.3, 0.4) is 0 Å². The largest absolute Gasteiger partial charge is 0.481 e. The van der Waals surface area contributed by atoms with E-state index in [9.17, 15) is 9.90 Å². The fourth-order valence-electron chi connectivity index (χ4n) is 2.03. The third-order valence-corrected chi connectivity index (χ3v) is 2.93. The molecule has 1 fully saturated rings. The first-order valence-electron chi connectivity index (χ1n) is 5.14. The van der Waals surface area contributed by atoms with Gasteiger partial charge in [0.25, 0.3) is 0 Å². The van der Waals surface area contributed by atoms with Gasteiger partial charge in [0.15, 0.2) is 0 Å². The van der Waals surface area contributed by atoms with Crippen molar-refractivity contribution in [2.45, 2.75) is 25.7 Å². The average molecular weight is 201 g/mol. The number of nitrogens with one attached hydrogen (secondary N) is 1. The van der Waals surface area contributed by atoms with Gasteiger partial charge >= 0.3 is 5.97 Å². The number of carboxylic acid groups (broad SMARTS) is 1. The number of rotatable bonds is 5. The molecule has 82 valence electrons. The van der Waals surface area contributed by atoms with E-state index in [1.807, 2.05) is 0 Å². The minimum atomic E-state index is -0.666. The highest BCUT2D eigenvalue weighted by atomic mass is 16.5. The number of ether oxygens (including phenoxy) is 1. The lowest BCUT2D eigenvalue weighted by molar-refractivity contribution is -0.150. The second-order valence-corrected chi connectivity index (χ2v) is 3.96. The maximum atomic E-state index is 11.2. The predicted octanol–water partition coefficient (Wildman–Crippen LogP) is 0.867. The molecule has 1 unspecified atom stereocenters. The summed E-state index contributed by atoms with van der Waals surface area (Å²) >= 11 is 0. The van der Waals surface area contributed by atoms with E-state index in [0.29, 0.717) is 19.6 Å². The minimum absolute atomic E-state index is 0.545. The number of aliphatic carboxylic acids is 1. The maximum Gasteiger partial charge on any atom is 0.310 e. The van der Waals surface area contributed by atoms with Crippen molar-refractivity contribution in [2.24, 2.45) is 5.41 Å². The molecule has 4 heteroatoms. The highest BCUT2D eigenvalue weighted by Crippen LogP contribution is 2.31. The van der Waals surface area contributed by atoms with Crippen molar-refractivity contribution in [1.29, 1.82) is 0 Å². The summed E-state index contributed by atoms with van der Waals surface area (Å²) in [4.78, 5) is 11.2. The molecule has 1 rings (SSSR count). The molecule has 1 aliphatic rings. The Hall–Kier alpha value is -0.610. The molecule has 0 aliphatic carbocycles. The van der Waals surface area contributed by atoms with Gasteiger partial charge in [0.2, 0.25) is 0 Å². The summed E-state index contributed by atoms with van der Waals surface area (Å²) in [7, 11) is 1.65. The molecule has 2 N–H and O–H groups in total. The van der Waals surface area contributed by atoms with E-state index < -0.39 is 11.4 Å². The smallest absolute Gasteiger partial charge is 0.310 e. The zero-order valence-electron chi connectivity index (χ0n) is 8.71. The van der Waals surface area contributed by atoms with Crippen LogP contribution >= 0.6 is 0 Å². The Morgan fingerprint density at radius 2 is 2.43 bits per heavy atom. The van der Waals surface area contributed by atoms with Crippen LogP contribution in [0.2, 0.25) is 0 Å². The molecule has 1 saturated heterocycles. The number of hydrogen-bond donors (Lipinski definition) is 2. The fourth-order valence-corrected chi connectivity index (χ4v) is 2.03. The number of piperidine rings is 1. The lowest BCUT2D eigenvalue weighted by Gasteiger charge is -2.33. The van der Waals surface area contributed by atoms with Crippen LogP contribution in [0.5, 0.6) is 0 Å². The van der Waals surface area contributed by atoms with Gasteiger partial charge in [-0.1, -0.05) is 0 Å². The lowest BCUT2D eigenvalue weighted by atomic mass is 9.77. The van der Waals surface area contributed by atoms with Gasteiger partial charge in [-0.25, -0.2) is 0 Å². The summed E-state index contributed by atoms with van der Waals surface area (Å²) in [6.45, 7) is 2.19. The Balaban J connectivity index is 2.47. The van der Waals surface area contributed by atoms with Crippen LogP contribution in [0.15, 0.2) is 0 Å². The summed E-state index contributed by atoms with van der Waals surface area (Å²) < 4.78 is 4.94. The molecule has 14 heavy (non-hydrogen) atoms. The Morgan fingerprint density at radius 1 is 1.64 bits per heavy atom. The Morgan fingerprint density at radius 3 is 2.93 bits per heavy atom. The molecule has 1 aliphatic heterocycles. The second kappa shape index (κ2) is 5.32. The first-order valence-corrected chi connectivity index (χ1v) is 5.14. The van der Waals surface area contributed by atoms with Crippen LogP contribution in [0.25, 0.3) is 0 Å². The van der Waals surface area contributed by atoms with Crippen LogP contribution < -0.4 is 5.32 Å². The predicted molar refractivity (Wildman–Crippen MR) is 53.3 cm³/mol. The number of hydrogen-bond acceptors (Lipinski definition) is 3. The van der Waals surface area contributed by atoms with Gasteiger partial charge in [0, 0.05) is 20.3 Å². The normalized spacial score (nSPS) is 27.5. The molecule has 0 aromatic heterocycles. The standard InChI is InChI=1S/C10H19NO3/c1-14-7-3-5-10(9(12)13)4-2-6-11-8-10/h11H,2-8H2,1H3,(H,12,13). The molecule has 1 atom stereocenters. The van der Waals surface area contributed by atoms with E-state index in [2.05, 4.69) is 5.32 Å². The van der Waals surface area contributed by atoms with Crippen molar-refractivity contribution in [1.82, 2.24) is 5.32 Å². The summed E-state index contributed by atoms with van der Waals surface area (Å²) in [6.07, 6.45) is 3.28. The molecule has 0 amide bonds. The third-order valence-electron chi connectivity index (χ3n) is 2.93. The molecular formula is C10H19NO3. The lowest BCUT2D eigenvalue weighted by Crippen LogP contribution is -2.45. The van der Waals surface area contributed by atoms with Gasteiger partial charge in [0.1, 0.15) is 0 Å². The van der Waals surface area contributed by atoms with Crippen molar-refractivity contribution in [2.75, 3.05) is 26.8 Å². The van der Waals surface area contributed by atoms with E-state index >= 15 is 0 Å². The van der Waals surface area contributed by atoms with Gasteiger partial charge in [-0.15, -0.1) is 0 Å². The molecular weight excluding hydrogens is 182 g/mol. The van der Waals surface area contributed by atoms with Crippen molar-refractivity contribution >= 4 is 5.97 Å². The first-order chi connectivity index (χ1) is 6.71. The molecule has 0 radical (unpaired) electrons. The molecule has 1 heterocycles. The quantitative estimate of drug-likeness (QED) is 0.648. The van der Waals surface area contributed by atoms with Crippen LogP contribution in [0.4, 0.5) is 0 Å². The van der Waals surface area contributed by atoms with E-state index in [4.69, 9.17) is 4.74 Å². The first kappa shape index (κ1) is 11.5. The van der Waals surface area contributed by atoms with Crippen molar-refractivity contribution in [3.63, 3.8) is 0 Å². The maximum absolute atomic E-state index is 11.2. The summed E-state index contributed by atoms with van der Waals surface area (Å²) in [5.74, 6) is -0.666. The van der Waals surface area contributed by atoms with Gasteiger partial charge in [-0.3, -0.25) is 4.79 Å². The highest BCUT2D eigenvalue weighted by Gasteiger charge is 2.38. The molecule has 0 bridgehead atoms. The number of carbonyl (C=O) groups is 1. The van der Waals surface area contributed by atoms with Crippen LogP contribution in [0, 0.1) is 5.41 Å². The zero-order valence-corrected chi connectivity index (χ0v) is 8.71. The number of carboxylic acids is 1. The fraction of sp³-hybridized carbons (Fsp3) is 0.900. The van der Waals surface area contributed by atoms with Gasteiger partial charge in [-0.05, 0) is 32.2 Å².